The molecule has 0 aliphatic carbocycles. The monoisotopic (exact) mass is 227 g/mol. The van der Waals surface area contributed by atoms with E-state index in [1.54, 1.807) is 6.07 Å². The molecule has 0 spiro atoms. The first-order chi connectivity index (χ1) is 8.25. The lowest BCUT2D eigenvalue weighted by Crippen LogP contribution is -1.97. The van der Waals surface area contributed by atoms with Gasteiger partial charge in [-0.1, -0.05) is 18.2 Å². The highest BCUT2D eigenvalue weighted by Gasteiger charge is 2.11. The summed E-state index contributed by atoms with van der Waals surface area (Å²) in [5.41, 5.74) is 1.61. The molecule has 0 fully saturated rings. The van der Waals surface area contributed by atoms with Crippen LogP contribution in [0.1, 0.15) is 0 Å². The molecule has 84 valence electrons. The maximum Gasteiger partial charge on any atom is 0.187 e. The molecule has 2 N–H and O–H groups in total. The molecule has 0 unspecified atom stereocenters. The smallest absolute Gasteiger partial charge is 0.187 e. The molecule has 0 aliphatic rings. The van der Waals surface area contributed by atoms with Crippen LogP contribution in [0, 0.1) is 0 Å². The normalized spacial score (nSPS) is 10.8. The van der Waals surface area contributed by atoms with Crippen molar-refractivity contribution in [1.29, 1.82) is 0 Å². The Bertz CT molecular complexity index is 677. The zero-order valence-electron chi connectivity index (χ0n) is 8.78. The summed E-state index contributed by atoms with van der Waals surface area (Å²) >= 11 is 0. The molecular formula is C12H9N3O2. The van der Waals surface area contributed by atoms with E-state index in [9.17, 15) is 10.2 Å². The van der Waals surface area contributed by atoms with Crippen LogP contribution in [0.5, 0.6) is 11.5 Å². The second-order valence-electron chi connectivity index (χ2n) is 3.63. The summed E-state index contributed by atoms with van der Waals surface area (Å²) < 4.78 is 0. The molecule has 3 aromatic rings. The molecule has 1 aromatic heterocycles. The van der Waals surface area contributed by atoms with Gasteiger partial charge in [-0.05, 0) is 24.3 Å². The van der Waals surface area contributed by atoms with Crippen LogP contribution in [-0.4, -0.2) is 25.2 Å². The highest BCUT2D eigenvalue weighted by Crippen LogP contribution is 2.31. The van der Waals surface area contributed by atoms with Gasteiger partial charge in [-0.3, -0.25) is 0 Å². The number of benzene rings is 2. The second-order valence-corrected chi connectivity index (χ2v) is 3.63. The Labute approximate surface area is 96.6 Å². The SMILES string of the molecule is Oc1ccc2nn(-c3ccccc3)nc2c1O. The first-order valence-electron chi connectivity index (χ1n) is 5.09. The minimum absolute atomic E-state index is 0.197. The highest BCUT2D eigenvalue weighted by atomic mass is 16.3. The molecule has 17 heavy (non-hydrogen) atoms. The van der Waals surface area contributed by atoms with Crippen LogP contribution in [0.3, 0.4) is 0 Å². The van der Waals surface area contributed by atoms with Gasteiger partial charge in [-0.15, -0.1) is 10.2 Å². The topological polar surface area (TPSA) is 71.2 Å². The zero-order chi connectivity index (χ0) is 11.8. The van der Waals surface area contributed by atoms with Gasteiger partial charge in [0.15, 0.2) is 17.0 Å². The Morgan fingerprint density at radius 3 is 2.41 bits per heavy atom. The summed E-state index contributed by atoms with van der Waals surface area (Å²) in [5.74, 6) is -0.442. The van der Waals surface area contributed by atoms with Crippen LogP contribution < -0.4 is 0 Å². The van der Waals surface area contributed by atoms with Gasteiger partial charge in [0.1, 0.15) is 5.52 Å². The van der Waals surface area contributed by atoms with E-state index in [2.05, 4.69) is 10.2 Å². The number of hydrogen-bond donors (Lipinski definition) is 2. The number of hydrogen-bond acceptors (Lipinski definition) is 4. The number of para-hydroxylation sites is 1. The van der Waals surface area contributed by atoms with E-state index in [-0.39, 0.29) is 17.0 Å². The van der Waals surface area contributed by atoms with Gasteiger partial charge in [0.2, 0.25) is 0 Å². The van der Waals surface area contributed by atoms with E-state index < -0.39 is 0 Å². The number of phenolic OH excluding ortho intramolecular Hbond substituents is 2. The Balaban J connectivity index is 2.24. The van der Waals surface area contributed by atoms with Crippen molar-refractivity contribution in [2.24, 2.45) is 0 Å². The Morgan fingerprint density at radius 2 is 1.65 bits per heavy atom. The molecule has 0 saturated heterocycles. The van der Waals surface area contributed by atoms with Crippen molar-refractivity contribution in [3.8, 4) is 17.2 Å². The van der Waals surface area contributed by atoms with Gasteiger partial charge in [-0.25, -0.2) is 0 Å². The van der Waals surface area contributed by atoms with E-state index >= 15 is 0 Å². The van der Waals surface area contributed by atoms with E-state index in [4.69, 9.17) is 0 Å². The Morgan fingerprint density at radius 1 is 0.882 bits per heavy atom. The van der Waals surface area contributed by atoms with Gasteiger partial charge < -0.3 is 10.2 Å². The van der Waals surface area contributed by atoms with Gasteiger partial charge >= 0.3 is 0 Å². The van der Waals surface area contributed by atoms with Crippen molar-refractivity contribution >= 4 is 11.0 Å². The van der Waals surface area contributed by atoms with Crippen molar-refractivity contribution in [3.05, 3.63) is 42.5 Å². The maximum absolute atomic E-state index is 9.65. The number of rotatable bonds is 1. The molecule has 0 saturated carbocycles. The fourth-order valence-corrected chi connectivity index (χ4v) is 1.63. The molecule has 5 heteroatoms. The van der Waals surface area contributed by atoms with Gasteiger partial charge in [0.25, 0.3) is 0 Å². The van der Waals surface area contributed by atoms with Crippen LogP contribution in [0.25, 0.3) is 16.7 Å². The number of nitrogens with zero attached hydrogens (tertiary/aromatic N) is 3. The van der Waals surface area contributed by atoms with Crippen molar-refractivity contribution in [3.63, 3.8) is 0 Å². The minimum atomic E-state index is -0.246. The highest BCUT2D eigenvalue weighted by molar-refractivity contribution is 5.83. The largest absolute Gasteiger partial charge is 0.504 e. The molecule has 0 atom stereocenters. The fourth-order valence-electron chi connectivity index (χ4n) is 1.63. The average molecular weight is 227 g/mol. The molecule has 3 rings (SSSR count). The minimum Gasteiger partial charge on any atom is -0.504 e. The third-order valence-electron chi connectivity index (χ3n) is 2.49. The Kier molecular flexibility index (Phi) is 1.98. The first-order valence-corrected chi connectivity index (χ1v) is 5.09. The number of aromatic hydroxyl groups is 2. The summed E-state index contributed by atoms with van der Waals surface area (Å²) in [6.45, 7) is 0. The maximum atomic E-state index is 9.65. The predicted molar refractivity (Wildman–Crippen MR) is 62.2 cm³/mol. The average Bonchev–Trinajstić information content (AvgIpc) is 2.80. The summed E-state index contributed by atoms with van der Waals surface area (Å²) in [6.07, 6.45) is 0. The van der Waals surface area contributed by atoms with E-state index in [1.165, 1.54) is 10.9 Å². The summed E-state index contributed by atoms with van der Waals surface area (Å²) in [5, 5.41) is 27.4. The van der Waals surface area contributed by atoms with Crippen molar-refractivity contribution < 1.29 is 10.2 Å². The van der Waals surface area contributed by atoms with Crippen molar-refractivity contribution in [2.75, 3.05) is 0 Å². The first kappa shape index (κ1) is 9.65. The summed E-state index contributed by atoms with van der Waals surface area (Å²) in [6, 6.07) is 12.4. The molecule has 1 heterocycles. The van der Waals surface area contributed by atoms with Crippen molar-refractivity contribution in [2.45, 2.75) is 0 Å². The lowest BCUT2D eigenvalue weighted by Gasteiger charge is -1.96. The number of aromatic nitrogens is 3. The quantitative estimate of drug-likeness (QED) is 0.622. The molecule has 5 nitrogen and oxygen atoms in total. The van der Waals surface area contributed by atoms with Crippen LogP contribution in [0.4, 0.5) is 0 Å². The van der Waals surface area contributed by atoms with E-state index in [0.29, 0.717) is 5.52 Å². The lowest BCUT2D eigenvalue weighted by atomic mass is 10.3. The number of phenols is 2. The Hall–Kier alpha value is -2.56. The molecular weight excluding hydrogens is 218 g/mol. The van der Waals surface area contributed by atoms with Crippen LogP contribution in [0.2, 0.25) is 0 Å². The fraction of sp³-hybridized carbons (Fsp3) is 0. The second kappa shape index (κ2) is 3.48. The van der Waals surface area contributed by atoms with Crippen molar-refractivity contribution in [1.82, 2.24) is 15.0 Å². The predicted octanol–water partition coefficient (Wildman–Crippen LogP) is 1.83. The van der Waals surface area contributed by atoms with Gasteiger partial charge in [-0.2, -0.15) is 4.80 Å². The lowest BCUT2D eigenvalue weighted by molar-refractivity contribution is 0.407. The molecule has 0 aliphatic heterocycles. The third-order valence-corrected chi connectivity index (χ3v) is 2.49. The molecule has 0 radical (unpaired) electrons. The zero-order valence-corrected chi connectivity index (χ0v) is 8.78. The molecule has 0 bridgehead atoms. The van der Waals surface area contributed by atoms with E-state index in [0.717, 1.165) is 5.69 Å². The number of fused-ring (bicyclic) bond motifs is 1. The third kappa shape index (κ3) is 1.48. The van der Waals surface area contributed by atoms with E-state index in [1.807, 2.05) is 30.3 Å². The summed E-state index contributed by atoms with van der Waals surface area (Å²) in [7, 11) is 0. The van der Waals surface area contributed by atoms with Gasteiger partial charge in [0.05, 0.1) is 5.69 Å². The van der Waals surface area contributed by atoms with Crippen LogP contribution >= 0.6 is 0 Å². The molecule has 2 aromatic carbocycles. The van der Waals surface area contributed by atoms with Crippen LogP contribution in [-0.2, 0) is 0 Å². The van der Waals surface area contributed by atoms with Crippen LogP contribution in [0.15, 0.2) is 42.5 Å². The van der Waals surface area contributed by atoms with Gasteiger partial charge in [0, 0.05) is 0 Å². The molecule has 0 amide bonds. The summed E-state index contributed by atoms with van der Waals surface area (Å²) in [4.78, 5) is 1.42. The standard InChI is InChI=1S/C12H9N3O2/c16-10-7-6-9-11(12(10)17)14-15(13-9)8-4-2-1-3-5-8/h1-7,16-17H.